The summed E-state index contributed by atoms with van der Waals surface area (Å²) in [5.74, 6) is 0. The topological polar surface area (TPSA) is 64.1 Å². The van der Waals surface area contributed by atoms with E-state index in [4.69, 9.17) is 5.73 Å². The second kappa shape index (κ2) is 5.50. The number of aliphatic hydroxyl groups excluding tert-OH is 1. The maximum atomic E-state index is 9.27. The molecule has 0 saturated heterocycles. The summed E-state index contributed by atoms with van der Waals surface area (Å²) in [6.07, 6.45) is 4.42. The third-order valence-corrected chi connectivity index (χ3v) is 3.61. The summed E-state index contributed by atoms with van der Waals surface area (Å²) in [4.78, 5) is 0. The van der Waals surface area contributed by atoms with Gasteiger partial charge in [0.05, 0.1) is 18.3 Å². The molecule has 1 atom stereocenters. The zero-order valence-corrected chi connectivity index (χ0v) is 10.8. The monoisotopic (exact) mass is 247 g/mol. The molecular formula is C14H21N3O. The number of benzene rings is 1. The van der Waals surface area contributed by atoms with Crippen molar-refractivity contribution in [2.45, 2.75) is 38.3 Å². The van der Waals surface area contributed by atoms with Crippen LogP contribution >= 0.6 is 0 Å². The molecule has 1 unspecified atom stereocenters. The van der Waals surface area contributed by atoms with Crippen LogP contribution in [0.2, 0.25) is 0 Å². The smallest absolute Gasteiger partial charge is 0.0682 e. The Kier molecular flexibility index (Phi) is 3.99. The Hall–Kier alpha value is -1.39. The summed E-state index contributed by atoms with van der Waals surface area (Å²) >= 11 is 0. The normalized spacial score (nSPS) is 14.8. The predicted molar refractivity (Wildman–Crippen MR) is 73.3 cm³/mol. The molecule has 0 amide bonds. The van der Waals surface area contributed by atoms with E-state index in [9.17, 15) is 5.11 Å². The summed E-state index contributed by atoms with van der Waals surface area (Å²) < 4.78 is 2.00. The second-order valence-corrected chi connectivity index (χ2v) is 4.90. The number of para-hydroxylation sites is 1. The van der Waals surface area contributed by atoms with Crippen LogP contribution in [-0.4, -0.2) is 27.0 Å². The van der Waals surface area contributed by atoms with Gasteiger partial charge in [-0.25, -0.2) is 0 Å². The highest BCUT2D eigenvalue weighted by Crippen LogP contribution is 2.17. The number of fused-ring (bicyclic) bond motifs is 1. The summed E-state index contributed by atoms with van der Waals surface area (Å²) in [6.45, 7) is 2.90. The van der Waals surface area contributed by atoms with Crippen LogP contribution in [-0.2, 0) is 6.54 Å². The van der Waals surface area contributed by atoms with E-state index in [1.807, 2.05) is 29.9 Å². The van der Waals surface area contributed by atoms with Crippen molar-refractivity contribution in [3.8, 4) is 0 Å². The fourth-order valence-electron chi connectivity index (χ4n) is 2.15. The molecule has 98 valence electrons. The number of aromatic nitrogens is 2. The largest absolute Gasteiger partial charge is 0.394 e. The molecule has 1 aromatic heterocycles. The van der Waals surface area contributed by atoms with Gasteiger partial charge in [0, 0.05) is 17.5 Å². The molecule has 0 aliphatic heterocycles. The highest BCUT2D eigenvalue weighted by Gasteiger charge is 2.20. The van der Waals surface area contributed by atoms with Gasteiger partial charge in [0.2, 0.25) is 0 Å². The van der Waals surface area contributed by atoms with Gasteiger partial charge in [-0.3, -0.25) is 4.68 Å². The van der Waals surface area contributed by atoms with E-state index < -0.39 is 5.54 Å². The van der Waals surface area contributed by atoms with Crippen LogP contribution in [0.5, 0.6) is 0 Å². The predicted octanol–water partition coefficient (Wildman–Crippen LogP) is 1.92. The maximum absolute atomic E-state index is 9.27. The number of aliphatic hydroxyl groups is 1. The van der Waals surface area contributed by atoms with E-state index in [2.05, 4.69) is 17.2 Å². The average molecular weight is 247 g/mol. The van der Waals surface area contributed by atoms with Crippen molar-refractivity contribution in [3.63, 3.8) is 0 Å². The van der Waals surface area contributed by atoms with Crippen molar-refractivity contribution in [2.24, 2.45) is 5.73 Å². The Balaban J connectivity index is 1.98. The number of nitrogens with zero attached hydrogens (tertiary/aromatic N) is 2. The van der Waals surface area contributed by atoms with Crippen LogP contribution in [0.25, 0.3) is 10.9 Å². The highest BCUT2D eigenvalue weighted by atomic mass is 16.3. The van der Waals surface area contributed by atoms with Crippen LogP contribution < -0.4 is 5.73 Å². The molecule has 0 spiro atoms. The standard InChI is InChI=1S/C14H21N3O/c1-2-14(15,11-18)8-5-9-17-13-7-4-3-6-12(13)10-16-17/h3-4,6-7,10,18H,2,5,8-9,11,15H2,1H3. The fraction of sp³-hybridized carbons (Fsp3) is 0.500. The summed E-state index contributed by atoms with van der Waals surface area (Å²) in [5, 5.41) is 14.8. The van der Waals surface area contributed by atoms with Crippen molar-refractivity contribution in [1.29, 1.82) is 0 Å². The minimum atomic E-state index is -0.442. The van der Waals surface area contributed by atoms with E-state index in [0.29, 0.717) is 0 Å². The van der Waals surface area contributed by atoms with Crippen molar-refractivity contribution >= 4 is 10.9 Å². The molecule has 0 aliphatic rings. The van der Waals surface area contributed by atoms with Crippen LogP contribution in [0.4, 0.5) is 0 Å². The molecule has 3 N–H and O–H groups in total. The SMILES string of the molecule is CCC(N)(CO)CCCn1ncc2ccccc21. The molecule has 2 rings (SSSR count). The molecule has 0 radical (unpaired) electrons. The molecule has 0 bridgehead atoms. The molecule has 0 aliphatic carbocycles. The number of hydrogen-bond acceptors (Lipinski definition) is 3. The fourth-order valence-corrected chi connectivity index (χ4v) is 2.15. The lowest BCUT2D eigenvalue weighted by molar-refractivity contribution is 0.178. The van der Waals surface area contributed by atoms with Crippen LogP contribution in [0.3, 0.4) is 0 Å². The third kappa shape index (κ3) is 2.71. The van der Waals surface area contributed by atoms with Crippen molar-refractivity contribution < 1.29 is 5.11 Å². The first-order chi connectivity index (χ1) is 8.68. The summed E-state index contributed by atoms with van der Waals surface area (Å²) in [6, 6.07) is 8.17. The van der Waals surface area contributed by atoms with Gasteiger partial charge in [-0.2, -0.15) is 5.10 Å². The highest BCUT2D eigenvalue weighted by molar-refractivity contribution is 5.78. The van der Waals surface area contributed by atoms with Crippen molar-refractivity contribution in [2.75, 3.05) is 6.61 Å². The Morgan fingerprint density at radius 1 is 1.39 bits per heavy atom. The molecule has 18 heavy (non-hydrogen) atoms. The first-order valence-corrected chi connectivity index (χ1v) is 6.49. The van der Waals surface area contributed by atoms with Gasteiger partial charge in [0.1, 0.15) is 0 Å². The second-order valence-electron chi connectivity index (χ2n) is 4.90. The summed E-state index contributed by atoms with van der Waals surface area (Å²) in [7, 11) is 0. The zero-order chi connectivity index (χ0) is 13.0. The third-order valence-electron chi connectivity index (χ3n) is 3.61. The number of hydrogen-bond donors (Lipinski definition) is 2. The molecule has 1 heterocycles. The van der Waals surface area contributed by atoms with Gasteiger partial charge < -0.3 is 10.8 Å². The average Bonchev–Trinajstić information content (AvgIpc) is 2.82. The summed E-state index contributed by atoms with van der Waals surface area (Å²) in [5.41, 5.74) is 6.78. The number of aryl methyl sites for hydroxylation is 1. The van der Waals surface area contributed by atoms with Gasteiger partial charge in [-0.05, 0) is 25.3 Å². The minimum Gasteiger partial charge on any atom is -0.394 e. The maximum Gasteiger partial charge on any atom is 0.0682 e. The van der Waals surface area contributed by atoms with E-state index in [1.165, 1.54) is 0 Å². The van der Waals surface area contributed by atoms with E-state index in [0.717, 1.165) is 36.7 Å². The molecule has 4 heteroatoms. The minimum absolute atomic E-state index is 0.0450. The van der Waals surface area contributed by atoms with Gasteiger partial charge in [-0.15, -0.1) is 0 Å². The molecule has 0 saturated carbocycles. The van der Waals surface area contributed by atoms with Crippen molar-refractivity contribution in [3.05, 3.63) is 30.5 Å². The van der Waals surface area contributed by atoms with Crippen LogP contribution in [0.15, 0.2) is 30.5 Å². The lowest BCUT2D eigenvalue weighted by atomic mass is 9.93. The van der Waals surface area contributed by atoms with Crippen molar-refractivity contribution in [1.82, 2.24) is 9.78 Å². The van der Waals surface area contributed by atoms with E-state index >= 15 is 0 Å². The Morgan fingerprint density at radius 3 is 2.89 bits per heavy atom. The van der Waals surface area contributed by atoms with Gasteiger partial charge >= 0.3 is 0 Å². The first-order valence-electron chi connectivity index (χ1n) is 6.49. The molecular weight excluding hydrogens is 226 g/mol. The quantitative estimate of drug-likeness (QED) is 0.819. The molecule has 2 aromatic rings. The van der Waals surface area contributed by atoms with Gasteiger partial charge in [0.25, 0.3) is 0 Å². The molecule has 0 fully saturated rings. The van der Waals surface area contributed by atoms with E-state index in [-0.39, 0.29) is 6.61 Å². The number of rotatable bonds is 6. The zero-order valence-electron chi connectivity index (χ0n) is 10.8. The molecule has 4 nitrogen and oxygen atoms in total. The molecule has 1 aromatic carbocycles. The lowest BCUT2D eigenvalue weighted by Crippen LogP contribution is -2.43. The number of nitrogens with two attached hydrogens (primary N) is 1. The van der Waals surface area contributed by atoms with Crippen LogP contribution in [0.1, 0.15) is 26.2 Å². The van der Waals surface area contributed by atoms with Crippen LogP contribution in [0, 0.1) is 0 Å². The van der Waals surface area contributed by atoms with E-state index in [1.54, 1.807) is 0 Å². The van der Waals surface area contributed by atoms with Gasteiger partial charge in [-0.1, -0.05) is 25.1 Å². The first kappa shape index (κ1) is 13.1. The lowest BCUT2D eigenvalue weighted by Gasteiger charge is -2.25. The Labute approximate surface area is 107 Å². The van der Waals surface area contributed by atoms with Gasteiger partial charge in [0.15, 0.2) is 0 Å². The Bertz CT molecular complexity index is 502. The Morgan fingerprint density at radius 2 is 2.17 bits per heavy atom.